The predicted molar refractivity (Wildman–Crippen MR) is 70.2 cm³/mol. The minimum absolute atomic E-state index is 0.157. The van der Waals surface area contributed by atoms with Gasteiger partial charge >= 0.3 is 5.97 Å². The van der Waals surface area contributed by atoms with Gasteiger partial charge in [-0.1, -0.05) is 30.4 Å². The van der Waals surface area contributed by atoms with E-state index in [0.29, 0.717) is 6.54 Å². The van der Waals surface area contributed by atoms with E-state index in [2.05, 4.69) is 0 Å². The molecule has 5 nitrogen and oxygen atoms in total. The van der Waals surface area contributed by atoms with Gasteiger partial charge in [-0.25, -0.2) is 0 Å². The van der Waals surface area contributed by atoms with E-state index in [9.17, 15) is 14.7 Å². The van der Waals surface area contributed by atoms with Crippen molar-refractivity contribution in [3.8, 4) is 0 Å². The molecule has 0 saturated carbocycles. The lowest BCUT2D eigenvalue weighted by atomic mass is 9.77. The molecule has 1 N–H and O–H groups in total. The molecule has 2 saturated heterocycles. The van der Waals surface area contributed by atoms with E-state index >= 15 is 0 Å². The summed E-state index contributed by atoms with van der Waals surface area (Å²) in [6.45, 7) is 0.386. The maximum Gasteiger partial charge on any atom is 0.310 e. The molecule has 2 bridgehead atoms. The molecule has 0 radical (unpaired) electrons. The van der Waals surface area contributed by atoms with Crippen LogP contribution in [0.3, 0.4) is 0 Å². The van der Waals surface area contributed by atoms with Crippen molar-refractivity contribution < 1.29 is 19.4 Å². The number of rotatable bonds is 2. The Balaban J connectivity index is 1.76. The molecule has 0 aliphatic carbocycles. The number of aliphatic carboxylic acids is 1. The maximum absolute atomic E-state index is 12.6. The van der Waals surface area contributed by atoms with Crippen LogP contribution in [-0.4, -0.2) is 35.2 Å². The molecule has 1 aromatic rings. The molecular formula is C15H13NO4. The molecule has 0 unspecified atom stereocenters. The average Bonchev–Trinajstić information content (AvgIpc) is 3.08. The average molecular weight is 271 g/mol. The van der Waals surface area contributed by atoms with Crippen molar-refractivity contribution in [2.75, 3.05) is 11.4 Å². The molecule has 3 aliphatic heterocycles. The molecule has 4 atom stereocenters. The largest absolute Gasteiger partial charge is 0.481 e. The van der Waals surface area contributed by atoms with Crippen LogP contribution in [0.4, 0.5) is 5.69 Å². The van der Waals surface area contributed by atoms with Crippen LogP contribution >= 0.6 is 0 Å². The molecule has 1 spiro atoms. The summed E-state index contributed by atoms with van der Waals surface area (Å²) in [6.07, 6.45) is 3.17. The van der Waals surface area contributed by atoms with E-state index < -0.39 is 29.5 Å². The van der Waals surface area contributed by atoms with Crippen molar-refractivity contribution in [3.05, 3.63) is 42.5 Å². The molecule has 2 fully saturated rings. The van der Waals surface area contributed by atoms with Gasteiger partial charge in [-0.15, -0.1) is 0 Å². The number of ether oxygens (including phenoxy) is 1. The second-order valence-corrected chi connectivity index (χ2v) is 5.50. The molecular weight excluding hydrogens is 258 g/mol. The summed E-state index contributed by atoms with van der Waals surface area (Å²) in [5.74, 6) is -2.51. The fraction of sp³-hybridized carbons (Fsp3) is 0.333. The summed E-state index contributed by atoms with van der Waals surface area (Å²) in [4.78, 5) is 25.7. The van der Waals surface area contributed by atoms with Crippen LogP contribution in [0.25, 0.3) is 0 Å². The summed E-state index contributed by atoms with van der Waals surface area (Å²) in [7, 11) is 0. The van der Waals surface area contributed by atoms with Crippen LogP contribution in [0.2, 0.25) is 0 Å². The number of para-hydroxylation sites is 1. The molecule has 1 aromatic carbocycles. The van der Waals surface area contributed by atoms with Crippen molar-refractivity contribution in [3.63, 3.8) is 0 Å². The first-order chi connectivity index (χ1) is 9.62. The second-order valence-electron chi connectivity index (χ2n) is 5.50. The summed E-state index contributed by atoms with van der Waals surface area (Å²) >= 11 is 0. The fourth-order valence-electron chi connectivity index (χ4n) is 3.61. The highest BCUT2D eigenvalue weighted by Crippen LogP contribution is 2.52. The third kappa shape index (κ3) is 1.30. The number of hydrogen-bond donors (Lipinski definition) is 1. The Morgan fingerprint density at radius 1 is 1.35 bits per heavy atom. The first-order valence-electron chi connectivity index (χ1n) is 6.59. The Morgan fingerprint density at radius 2 is 2.10 bits per heavy atom. The van der Waals surface area contributed by atoms with Gasteiger partial charge in [-0.05, 0) is 12.1 Å². The van der Waals surface area contributed by atoms with Crippen LogP contribution < -0.4 is 4.90 Å². The van der Waals surface area contributed by atoms with E-state index in [1.807, 2.05) is 36.4 Å². The lowest BCUT2D eigenvalue weighted by Crippen LogP contribution is -2.39. The van der Waals surface area contributed by atoms with E-state index in [1.165, 1.54) is 0 Å². The summed E-state index contributed by atoms with van der Waals surface area (Å²) < 4.78 is 5.83. The van der Waals surface area contributed by atoms with E-state index in [1.54, 1.807) is 11.0 Å². The third-order valence-corrected chi connectivity index (χ3v) is 4.45. The van der Waals surface area contributed by atoms with Crippen LogP contribution in [-0.2, 0) is 14.3 Å². The maximum atomic E-state index is 12.6. The van der Waals surface area contributed by atoms with Gasteiger partial charge in [0.25, 0.3) is 0 Å². The smallest absolute Gasteiger partial charge is 0.310 e. The highest BCUT2D eigenvalue weighted by atomic mass is 16.5. The lowest BCUT2D eigenvalue weighted by molar-refractivity contribution is -0.146. The quantitative estimate of drug-likeness (QED) is 0.817. The van der Waals surface area contributed by atoms with Crippen molar-refractivity contribution >= 4 is 17.6 Å². The minimum atomic E-state index is -0.963. The molecule has 1 amide bonds. The highest BCUT2D eigenvalue weighted by Gasteiger charge is 2.67. The second kappa shape index (κ2) is 3.70. The number of carbonyl (C=O) groups is 2. The van der Waals surface area contributed by atoms with Crippen LogP contribution in [0.15, 0.2) is 42.5 Å². The number of anilines is 1. The zero-order chi connectivity index (χ0) is 13.9. The number of carbonyl (C=O) groups excluding carboxylic acids is 1. The number of carboxylic acids is 1. The Kier molecular flexibility index (Phi) is 2.16. The van der Waals surface area contributed by atoms with Gasteiger partial charge in [0.1, 0.15) is 11.5 Å². The van der Waals surface area contributed by atoms with Gasteiger partial charge in [0.2, 0.25) is 5.91 Å². The standard InChI is InChI=1S/C15H13NO4/c17-13-12-11(14(18)19)10-6-7-15(12,20-10)8-16(13)9-4-2-1-3-5-9/h1-7,10-12H,8H2,(H,18,19)/t10-,11+,12+,15+/m0/s1. The number of nitrogens with zero attached hydrogens (tertiary/aromatic N) is 1. The van der Waals surface area contributed by atoms with Gasteiger partial charge < -0.3 is 14.7 Å². The van der Waals surface area contributed by atoms with Gasteiger partial charge in [0.15, 0.2) is 0 Å². The lowest BCUT2D eigenvalue weighted by Gasteiger charge is -2.21. The fourth-order valence-corrected chi connectivity index (χ4v) is 3.61. The van der Waals surface area contributed by atoms with Gasteiger partial charge in [0.05, 0.1) is 18.6 Å². The zero-order valence-corrected chi connectivity index (χ0v) is 10.6. The SMILES string of the molecule is O=C(O)[C@@H]1[C@@H]2C=C[C@]3(CN(c4ccccc4)C(=O)[C@@H]13)O2. The molecule has 102 valence electrons. The van der Waals surface area contributed by atoms with E-state index in [4.69, 9.17) is 4.74 Å². The van der Waals surface area contributed by atoms with Gasteiger partial charge in [-0.3, -0.25) is 9.59 Å². The van der Waals surface area contributed by atoms with E-state index in [-0.39, 0.29) is 5.91 Å². The van der Waals surface area contributed by atoms with Crippen LogP contribution in [0.1, 0.15) is 0 Å². The van der Waals surface area contributed by atoms with Crippen molar-refractivity contribution in [1.82, 2.24) is 0 Å². The van der Waals surface area contributed by atoms with Gasteiger partial charge in [0, 0.05) is 5.69 Å². The number of carboxylic acid groups (broad SMARTS) is 1. The Hall–Kier alpha value is -2.14. The Morgan fingerprint density at radius 3 is 2.80 bits per heavy atom. The monoisotopic (exact) mass is 271 g/mol. The Bertz CT molecular complexity index is 626. The number of fused-ring (bicyclic) bond motifs is 1. The zero-order valence-electron chi connectivity index (χ0n) is 10.6. The third-order valence-electron chi connectivity index (χ3n) is 4.45. The summed E-state index contributed by atoms with van der Waals surface area (Å²) in [6, 6.07) is 9.29. The molecule has 3 heterocycles. The van der Waals surface area contributed by atoms with Crippen molar-refractivity contribution in [2.45, 2.75) is 11.7 Å². The first kappa shape index (κ1) is 11.7. The van der Waals surface area contributed by atoms with Gasteiger partial charge in [-0.2, -0.15) is 0 Å². The number of benzene rings is 1. The first-order valence-corrected chi connectivity index (χ1v) is 6.59. The minimum Gasteiger partial charge on any atom is -0.481 e. The molecule has 5 heteroatoms. The predicted octanol–water partition coefficient (Wildman–Crippen LogP) is 1.06. The molecule has 3 aliphatic rings. The molecule has 0 aromatic heterocycles. The topological polar surface area (TPSA) is 66.8 Å². The van der Waals surface area contributed by atoms with E-state index in [0.717, 1.165) is 5.69 Å². The van der Waals surface area contributed by atoms with Crippen molar-refractivity contribution in [2.24, 2.45) is 11.8 Å². The number of amides is 1. The number of hydrogen-bond acceptors (Lipinski definition) is 3. The summed E-state index contributed by atoms with van der Waals surface area (Å²) in [5.41, 5.74) is 0.0200. The highest BCUT2D eigenvalue weighted by molar-refractivity contribution is 6.02. The molecule has 20 heavy (non-hydrogen) atoms. The molecule has 4 rings (SSSR count). The van der Waals surface area contributed by atoms with Crippen LogP contribution in [0, 0.1) is 11.8 Å². The van der Waals surface area contributed by atoms with Crippen LogP contribution in [0.5, 0.6) is 0 Å². The Labute approximate surface area is 115 Å². The summed E-state index contributed by atoms with van der Waals surface area (Å²) in [5, 5.41) is 9.37. The normalized spacial score (nSPS) is 37.5. The van der Waals surface area contributed by atoms with Crippen molar-refractivity contribution in [1.29, 1.82) is 0 Å².